The van der Waals surface area contributed by atoms with Crippen molar-refractivity contribution in [2.75, 3.05) is 5.32 Å². The van der Waals surface area contributed by atoms with Crippen molar-refractivity contribution >= 4 is 44.9 Å². The Bertz CT molecular complexity index is 634. The summed E-state index contributed by atoms with van der Waals surface area (Å²) in [5, 5.41) is 2.58. The summed E-state index contributed by atoms with van der Waals surface area (Å²) in [5.41, 5.74) is 0.376. The maximum absolute atomic E-state index is 12.1. The van der Waals surface area contributed by atoms with Crippen LogP contribution in [0.4, 0.5) is 10.5 Å². The van der Waals surface area contributed by atoms with Crippen molar-refractivity contribution < 1.29 is 42.8 Å². The summed E-state index contributed by atoms with van der Waals surface area (Å²) in [5.74, 6) is 0. The molecule has 9 heteroatoms. The fourth-order valence-corrected chi connectivity index (χ4v) is 4.05. The molecule has 1 saturated carbocycles. The summed E-state index contributed by atoms with van der Waals surface area (Å²) < 4.78 is 26.2. The molecule has 1 aliphatic rings. The molecule has 1 aromatic carbocycles. The molecule has 0 aliphatic heterocycles. The summed E-state index contributed by atoms with van der Waals surface area (Å²) in [4.78, 5) is 11.8. The number of halogens is 2. The number of anilines is 1. The number of hydrogen-bond donors (Lipinski definition) is 2. The quantitative estimate of drug-likeness (QED) is 0.768. The van der Waals surface area contributed by atoms with Gasteiger partial charge in [-0.05, 0) is 31.0 Å². The summed E-state index contributed by atoms with van der Waals surface area (Å²) >= 11 is 11.6. The number of rotatable bonds is 3. The molecule has 2 N–H and O–H groups in total. The Morgan fingerprint density at radius 3 is 2.32 bits per heavy atom. The third-order valence-electron chi connectivity index (χ3n) is 3.40. The van der Waals surface area contributed by atoms with E-state index in [1.807, 2.05) is 0 Å². The van der Waals surface area contributed by atoms with E-state index in [-0.39, 0.29) is 34.6 Å². The predicted octanol–water partition coefficient (Wildman–Crippen LogP) is 0.781. The minimum Gasteiger partial charge on any atom is -0.307 e. The van der Waals surface area contributed by atoms with Crippen LogP contribution in [0.1, 0.15) is 32.1 Å². The molecule has 22 heavy (non-hydrogen) atoms. The van der Waals surface area contributed by atoms with Crippen LogP contribution in [-0.4, -0.2) is 19.7 Å². The van der Waals surface area contributed by atoms with Gasteiger partial charge in [0, 0.05) is 5.69 Å². The van der Waals surface area contributed by atoms with Gasteiger partial charge >= 0.3 is 35.6 Å². The van der Waals surface area contributed by atoms with Crippen molar-refractivity contribution in [2.45, 2.75) is 37.4 Å². The van der Waals surface area contributed by atoms with E-state index in [4.69, 9.17) is 23.2 Å². The van der Waals surface area contributed by atoms with Gasteiger partial charge in [-0.1, -0.05) is 42.5 Å². The van der Waals surface area contributed by atoms with Crippen molar-refractivity contribution in [1.29, 1.82) is 0 Å². The number of benzene rings is 1. The van der Waals surface area contributed by atoms with Crippen LogP contribution in [0.5, 0.6) is 0 Å². The van der Waals surface area contributed by atoms with Gasteiger partial charge in [-0.2, -0.15) is 0 Å². The number of amides is 2. The zero-order valence-corrected chi connectivity index (χ0v) is 16.6. The molecule has 0 unspecified atom stereocenters. The molecule has 1 fully saturated rings. The van der Waals surface area contributed by atoms with Gasteiger partial charge in [-0.25, -0.2) is 17.9 Å². The molecule has 0 radical (unpaired) electrons. The van der Waals surface area contributed by atoms with E-state index in [0.29, 0.717) is 23.6 Å². The zero-order valence-electron chi connectivity index (χ0n) is 12.2. The number of nitrogens with one attached hydrogen (secondary N) is 2. The van der Waals surface area contributed by atoms with Crippen LogP contribution >= 0.6 is 23.2 Å². The second-order valence-electron chi connectivity index (χ2n) is 4.99. The van der Waals surface area contributed by atoms with E-state index in [1.165, 1.54) is 12.1 Å². The topological polar surface area (TPSA) is 75.3 Å². The van der Waals surface area contributed by atoms with E-state index in [2.05, 4.69) is 10.0 Å². The van der Waals surface area contributed by atoms with Gasteiger partial charge in [-0.15, -0.1) is 0 Å². The maximum Gasteiger partial charge on any atom is 1.00 e. The van der Waals surface area contributed by atoms with Crippen molar-refractivity contribution in [3.05, 3.63) is 28.2 Å². The molecule has 2 rings (SSSR count). The van der Waals surface area contributed by atoms with E-state index < -0.39 is 21.3 Å². The number of carbonyl (C=O) groups excluding carboxylic acids is 1. The van der Waals surface area contributed by atoms with Crippen LogP contribution in [-0.2, 0) is 10.0 Å². The summed E-state index contributed by atoms with van der Waals surface area (Å²) in [6.07, 6.45) is 3.98. The first-order valence-corrected chi connectivity index (χ1v) is 8.96. The van der Waals surface area contributed by atoms with Crippen LogP contribution in [0.25, 0.3) is 0 Å². The zero-order chi connectivity index (χ0) is 15.5. The van der Waals surface area contributed by atoms with Crippen LogP contribution in [0.15, 0.2) is 18.2 Å². The van der Waals surface area contributed by atoms with E-state index in [9.17, 15) is 13.2 Å². The summed E-state index contributed by atoms with van der Waals surface area (Å²) in [7, 11) is -3.64. The number of urea groups is 1. The Balaban J connectivity index is 0.00000242. The SMILES string of the molecule is O=C(Nc1ccc(Cl)c(Cl)c1)NS(=O)(=O)C1CCCCC1.[Na+]. The average Bonchev–Trinajstić information content (AvgIpc) is 2.43. The normalized spacial score (nSPS) is 15.7. The van der Waals surface area contributed by atoms with E-state index >= 15 is 0 Å². The predicted molar refractivity (Wildman–Crippen MR) is 84.4 cm³/mol. The molecule has 0 atom stereocenters. The van der Waals surface area contributed by atoms with Crippen molar-refractivity contribution in [1.82, 2.24) is 4.72 Å². The van der Waals surface area contributed by atoms with Gasteiger partial charge < -0.3 is 5.32 Å². The second-order valence-corrected chi connectivity index (χ2v) is 7.77. The fraction of sp³-hybridized carbons (Fsp3) is 0.462. The average molecular weight is 374 g/mol. The molecule has 0 spiro atoms. The molecular weight excluding hydrogens is 358 g/mol. The third kappa shape index (κ3) is 5.58. The summed E-state index contributed by atoms with van der Waals surface area (Å²) in [6.45, 7) is 0. The molecular formula is C13H16Cl2N2NaO3S+. The third-order valence-corrected chi connectivity index (χ3v) is 5.96. The Labute approximate surface area is 162 Å². The first kappa shape index (κ1) is 20.1. The second kappa shape index (κ2) is 8.76. The van der Waals surface area contributed by atoms with Gasteiger partial charge in [0.1, 0.15) is 0 Å². The first-order chi connectivity index (χ1) is 9.88. The van der Waals surface area contributed by atoms with Gasteiger partial charge in [0.15, 0.2) is 0 Å². The molecule has 5 nitrogen and oxygen atoms in total. The molecule has 0 bridgehead atoms. The molecule has 0 heterocycles. The Hall–Kier alpha value is 0.0200. The first-order valence-electron chi connectivity index (χ1n) is 6.66. The minimum atomic E-state index is -3.64. The number of hydrogen-bond acceptors (Lipinski definition) is 3. The van der Waals surface area contributed by atoms with Crippen LogP contribution < -0.4 is 39.6 Å². The van der Waals surface area contributed by atoms with Gasteiger partial charge in [0.05, 0.1) is 15.3 Å². The smallest absolute Gasteiger partial charge is 0.307 e. The van der Waals surface area contributed by atoms with Crippen LogP contribution in [0, 0.1) is 0 Å². The Kier molecular flexibility index (Phi) is 7.99. The molecule has 1 aromatic rings. The van der Waals surface area contributed by atoms with Crippen molar-refractivity contribution in [2.24, 2.45) is 0 Å². The number of sulfonamides is 1. The monoisotopic (exact) mass is 373 g/mol. The van der Waals surface area contributed by atoms with Crippen molar-refractivity contribution in [3.8, 4) is 0 Å². The Morgan fingerprint density at radius 2 is 1.73 bits per heavy atom. The Morgan fingerprint density at radius 1 is 1.09 bits per heavy atom. The van der Waals surface area contributed by atoms with E-state index in [1.54, 1.807) is 6.07 Å². The minimum absolute atomic E-state index is 0. The van der Waals surface area contributed by atoms with Gasteiger partial charge in [0.2, 0.25) is 10.0 Å². The molecule has 2 amide bonds. The van der Waals surface area contributed by atoms with Crippen LogP contribution in [0.2, 0.25) is 10.0 Å². The van der Waals surface area contributed by atoms with Crippen molar-refractivity contribution in [3.63, 3.8) is 0 Å². The molecule has 1 aliphatic carbocycles. The van der Waals surface area contributed by atoms with Crippen LogP contribution in [0.3, 0.4) is 0 Å². The van der Waals surface area contributed by atoms with E-state index in [0.717, 1.165) is 19.3 Å². The number of carbonyl (C=O) groups is 1. The molecule has 0 aromatic heterocycles. The molecule has 0 saturated heterocycles. The maximum atomic E-state index is 12.1. The standard InChI is InChI=1S/C13H16Cl2N2O3S.Na/c14-11-7-6-9(8-12(11)15)16-13(18)17-21(19,20)10-4-2-1-3-5-10;/h6-8,10H,1-5H2,(H2,16,17,18);/q;+1. The summed E-state index contributed by atoms with van der Waals surface area (Å²) in [6, 6.07) is 3.73. The molecule has 116 valence electrons. The fourth-order valence-electron chi connectivity index (χ4n) is 2.32. The van der Waals surface area contributed by atoms with Gasteiger partial charge in [0.25, 0.3) is 0 Å². The van der Waals surface area contributed by atoms with Gasteiger partial charge in [-0.3, -0.25) is 0 Å². The largest absolute Gasteiger partial charge is 1.00 e.